The minimum absolute atomic E-state index is 0.0385. The molecule has 45 heavy (non-hydrogen) atoms. The predicted molar refractivity (Wildman–Crippen MR) is 168 cm³/mol. The molecule has 5 N–H and O–H groups in total. The number of aliphatic carboxylic acids is 1. The van der Waals surface area contributed by atoms with Crippen LogP contribution in [0.25, 0.3) is 0 Å². The highest BCUT2D eigenvalue weighted by Crippen LogP contribution is 2.35. The van der Waals surface area contributed by atoms with Crippen molar-refractivity contribution < 1.29 is 38.5 Å². The van der Waals surface area contributed by atoms with Crippen LogP contribution in [-0.4, -0.2) is 48.4 Å². The Balaban J connectivity index is 1.32. The number of anilines is 2. The third-order valence-electron chi connectivity index (χ3n) is 6.54. The lowest BCUT2D eigenvalue weighted by Crippen LogP contribution is -2.49. The summed E-state index contributed by atoms with van der Waals surface area (Å²) in [6, 6.07) is 13.7. The molecular weight excluding hydrogens is 627 g/mol. The van der Waals surface area contributed by atoms with Crippen molar-refractivity contribution in [2.24, 2.45) is 5.92 Å². The van der Waals surface area contributed by atoms with Gasteiger partial charge >= 0.3 is 12.0 Å². The van der Waals surface area contributed by atoms with E-state index in [1.807, 2.05) is 13.8 Å². The average molecular weight is 660 g/mol. The van der Waals surface area contributed by atoms with Gasteiger partial charge in [-0.1, -0.05) is 49.2 Å². The second-order valence-corrected chi connectivity index (χ2v) is 11.3. The molecule has 2 atom stereocenters. The van der Waals surface area contributed by atoms with Gasteiger partial charge in [0.05, 0.1) is 28.2 Å². The number of benzene rings is 3. The first-order valence-corrected chi connectivity index (χ1v) is 14.7. The van der Waals surface area contributed by atoms with Gasteiger partial charge in [0.15, 0.2) is 18.1 Å². The number of ether oxygens (including phenoxy) is 3. The van der Waals surface area contributed by atoms with Gasteiger partial charge in [-0.2, -0.15) is 0 Å². The van der Waals surface area contributed by atoms with Crippen LogP contribution in [0.2, 0.25) is 10.0 Å². The highest BCUT2D eigenvalue weighted by Gasteiger charge is 2.27. The molecule has 0 saturated heterocycles. The zero-order valence-electron chi connectivity index (χ0n) is 24.4. The van der Waals surface area contributed by atoms with Crippen LogP contribution in [-0.2, 0) is 14.4 Å². The van der Waals surface area contributed by atoms with Gasteiger partial charge < -0.3 is 40.6 Å². The normalized spacial score (nSPS) is 13.0. The second-order valence-electron chi connectivity index (χ2n) is 10.5. The average Bonchev–Trinajstić information content (AvgIpc) is 3.46. The third-order valence-corrected chi connectivity index (χ3v) is 7.17. The number of urea groups is 1. The summed E-state index contributed by atoms with van der Waals surface area (Å²) in [7, 11) is 0. The number of hydrogen-bond acceptors (Lipinski definition) is 7. The molecule has 1 heterocycles. The first kappa shape index (κ1) is 33.2. The van der Waals surface area contributed by atoms with Gasteiger partial charge in [-0.25, -0.2) is 4.79 Å². The van der Waals surface area contributed by atoms with Crippen molar-refractivity contribution in [1.82, 2.24) is 10.6 Å². The summed E-state index contributed by atoms with van der Waals surface area (Å²) in [5.74, 6) is -0.826. The van der Waals surface area contributed by atoms with Gasteiger partial charge in [0.1, 0.15) is 11.8 Å². The van der Waals surface area contributed by atoms with E-state index in [2.05, 4.69) is 21.3 Å². The Kier molecular flexibility index (Phi) is 11.3. The maximum absolute atomic E-state index is 13.3. The van der Waals surface area contributed by atoms with Crippen molar-refractivity contribution in [1.29, 1.82) is 0 Å². The van der Waals surface area contributed by atoms with Crippen LogP contribution in [0, 0.1) is 5.92 Å². The van der Waals surface area contributed by atoms with Crippen molar-refractivity contribution in [3.05, 3.63) is 76.3 Å². The van der Waals surface area contributed by atoms with E-state index in [0.29, 0.717) is 34.9 Å². The number of carboxylic acids is 1. The number of carbonyl (C=O) groups excluding carboxylic acids is 3. The van der Waals surface area contributed by atoms with Crippen LogP contribution >= 0.6 is 23.2 Å². The molecule has 0 fully saturated rings. The Bertz CT molecular complexity index is 1530. The predicted octanol–water partition coefficient (Wildman–Crippen LogP) is 5.61. The number of amides is 4. The molecule has 2 unspecified atom stereocenters. The number of rotatable bonds is 13. The molecule has 14 heteroatoms. The Labute approximate surface area is 269 Å². The highest BCUT2D eigenvalue weighted by atomic mass is 35.5. The topological polar surface area (TPSA) is 164 Å². The van der Waals surface area contributed by atoms with Gasteiger partial charge in [-0.05, 0) is 66.4 Å². The zero-order valence-corrected chi connectivity index (χ0v) is 25.9. The highest BCUT2D eigenvalue weighted by molar-refractivity contribution is 6.39. The molecular formula is C31H32Cl2N4O8. The smallest absolute Gasteiger partial charge is 0.323 e. The fourth-order valence-electron chi connectivity index (χ4n) is 4.44. The summed E-state index contributed by atoms with van der Waals surface area (Å²) >= 11 is 12.2. The van der Waals surface area contributed by atoms with Crippen molar-refractivity contribution in [2.45, 2.75) is 38.8 Å². The maximum Gasteiger partial charge on any atom is 0.323 e. The van der Waals surface area contributed by atoms with Crippen LogP contribution in [0.4, 0.5) is 16.2 Å². The fourth-order valence-corrected chi connectivity index (χ4v) is 4.94. The second kappa shape index (κ2) is 15.4. The number of halogens is 2. The molecule has 12 nitrogen and oxygen atoms in total. The molecule has 1 aliphatic rings. The summed E-state index contributed by atoms with van der Waals surface area (Å²) in [5.41, 5.74) is 1.25. The number of carbonyl (C=O) groups is 4. The van der Waals surface area contributed by atoms with Crippen LogP contribution in [0.15, 0.2) is 60.7 Å². The summed E-state index contributed by atoms with van der Waals surface area (Å²) in [6.45, 7) is 3.46. The molecule has 0 radical (unpaired) electrons. The van der Waals surface area contributed by atoms with E-state index >= 15 is 0 Å². The Morgan fingerprint density at radius 1 is 0.911 bits per heavy atom. The molecule has 1 aliphatic heterocycles. The quantitative estimate of drug-likeness (QED) is 0.158. The lowest BCUT2D eigenvalue weighted by atomic mass is 10.00. The van der Waals surface area contributed by atoms with Crippen molar-refractivity contribution >= 4 is 58.4 Å². The van der Waals surface area contributed by atoms with E-state index in [0.717, 1.165) is 0 Å². The molecule has 0 spiro atoms. The van der Waals surface area contributed by atoms with E-state index in [4.69, 9.17) is 37.4 Å². The van der Waals surface area contributed by atoms with E-state index in [9.17, 15) is 24.3 Å². The summed E-state index contributed by atoms with van der Waals surface area (Å²) in [4.78, 5) is 50.0. The van der Waals surface area contributed by atoms with E-state index < -0.39 is 35.9 Å². The number of nitrogens with one attached hydrogen (secondary N) is 4. The minimum Gasteiger partial charge on any atom is -0.484 e. The van der Waals surface area contributed by atoms with Gasteiger partial charge in [0, 0.05) is 5.69 Å². The summed E-state index contributed by atoms with van der Waals surface area (Å²) in [5, 5.41) is 20.7. The molecule has 4 rings (SSSR count). The van der Waals surface area contributed by atoms with E-state index in [1.54, 1.807) is 60.7 Å². The van der Waals surface area contributed by atoms with Gasteiger partial charge in [0.25, 0.3) is 5.91 Å². The van der Waals surface area contributed by atoms with Gasteiger partial charge in [-0.3, -0.25) is 14.4 Å². The number of fused-ring (bicyclic) bond motifs is 1. The summed E-state index contributed by atoms with van der Waals surface area (Å²) in [6.07, 6.45) is -0.0720. The van der Waals surface area contributed by atoms with Gasteiger partial charge in [0.2, 0.25) is 12.7 Å². The largest absolute Gasteiger partial charge is 0.484 e. The summed E-state index contributed by atoms with van der Waals surface area (Å²) < 4.78 is 16.3. The lowest BCUT2D eigenvalue weighted by molar-refractivity contribution is -0.138. The molecule has 0 aliphatic carbocycles. The first-order chi connectivity index (χ1) is 21.5. The number of para-hydroxylation sites is 1. The third kappa shape index (κ3) is 9.65. The molecule has 3 aromatic rings. The van der Waals surface area contributed by atoms with Crippen LogP contribution in [0.5, 0.6) is 17.2 Å². The molecule has 0 bridgehead atoms. The Morgan fingerprint density at radius 2 is 1.60 bits per heavy atom. The van der Waals surface area contributed by atoms with Crippen molar-refractivity contribution in [3.63, 3.8) is 0 Å². The molecule has 0 saturated carbocycles. The Hall–Kier alpha value is -4.68. The van der Waals surface area contributed by atoms with Gasteiger partial charge in [-0.15, -0.1) is 0 Å². The van der Waals surface area contributed by atoms with E-state index in [-0.39, 0.29) is 41.5 Å². The van der Waals surface area contributed by atoms with E-state index in [1.165, 1.54) is 0 Å². The standard InChI is InChI=1S/C31H32Cl2N4O8/c1-17(2)12-24(30(41)36-23(14-28(39)40)18-6-11-25-26(13-18)45-16-44-25)35-27(38)15-43-20-9-7-19(8-10-20)34-31(42)37-29-21(32)4-3-5-22(29)33/h3-11,13,17,23-24H,12,14-16H2,1-2H3,(H,35,38)(H,36,41)(H,39,40)(H2,34,37,42). The molecule has 4 amide bonds. The van der Waals surface area contributed by atoms with Crippen molar-refractivity contribution in [3.8, 4) is 17.2 Å². The monoisotopic (exact) mass is 658 g/mol. The van der Waals surface area contributed by atoms with Crippen LogP contribution < -0.4 is 35.5 Å². The molecule has 238 valence electrons. The SMILES string of the molecule is CC(C)CC(NC(=O)COc1ccc(NC(=O)Nc2c(Cl)cccc2Cl)cc1)C(=O)NC(CC(=O)O)c1ccc2c(c1)OCO2. The van der Waals surface area contributed by atoms with Crippen molar-refractivity contribution in [2.75, 3.05) is 24.0 Å². The first-order valence-electron chi connectivity index (χ1n) is 13.9. The zero-order chi connectivity index (χ0) is 32.5. The number of carboxylic acid groups (broad SMARTS) is 1. The lowest BCUT2D eigenvalue weighted by Gasteiger charge is -2.24. The maximum atomic E-state index is 13.3. The van der Waals surface area contributed by atoms with Crippen LogP contribution in [0.1, 0.15) is 38.3 Å². The fraction of sp³-hybridized carbons (Fsp3) is 0.290. The molecule has 0 aromatic heterocycles. The number of hydrogen-bond donors (Lipinski definition) is 5. The van der Waals surface area contributed by atoms with Crippen LogP contribution in [0.3, 0.4) is 0 Å². The minimum atomic E-state index is -1.11. The molecule has 3 aromatic carbocycles. The Morgan fingerprint density at radius 3 is 2.27 bits per heavy atom.